The Balaban J connectivity index is 2.27. The van der Waals surface area contributed by atoms with Crippen LogP contribution in [0.5, 0.6) is 0 Å². The fraction of sp³-hybridized carbons (Fsp3) is 0.545. The Morgan fingerprint density at radius 2 is 2.31 bits per heavy atom. The standard InChI is InChI=1S/C11H18N2O2S/c1-2-3-4-7-16-8-9-5-6-10(15-9)11(14)13-12/h5-6H,2-4,7-8,12H2,1H3,(H,13,14). The number of nitrogens with one attached hydrogen (secondary N) is 1. The van der Waals surface area contributed by atoms with Crippen LogP contribution in [0.15, 0.2) is 16.5 Å². The maximum Gasteiger partial charge on any atom is 0.300 e. The fourth-order valence-electron chi connectivity index (χ4n) is 1.28. The van der Waals surface area contributed by atoms with Gasteiger partial charge in [-0.15, -0.1) is 0 Å². The molecule has 0 aliphatic carbocycles. The molecule has 0 atom stereocenters. The number of carbonyl (C=O) groups excluding carboxylic acids is 1. The van der Waals surface area contributed by atoms with E-state index in [-0.39, 0.29) is 11.7 Å². The van der Waals surface area contributed by atoms with E-state index in [2.05, 4.69) is 6.92 Å². The van der Waals surface area contributed by atoms with Gasteiger partial charge < -0.3 is 4.42 Å². The van der Waals surface area contributed by atoms with E-state index < -0.39 is 0 Å². The molecule has 0 spiro atoms. The summed E-state index contributed by atoms with van der Waals surface area (Å²) in [5.41, 5.74) is 2.04. The average molecular weight is 242 g/mol. The SMILES string of the molecule is CCCCCSCc1ccc(C(=O)NN)o1. The molecule has 0 aromatic carbocycles. The molecule has 0 aliphatic rings. The van der Waals surface area contributed by atoms with E-state index >= 15 is 0 Å². The van der Waals surface area contributed by atoms with E-state index in [4.69, 9.17) is 10.3 Å². The van der Waals surface area contributed by atoms with Gasteiger partial charge in [0.25, 0.3) is 0 Å². The van der Waals surface area contributed by atoms with Gasteiger partial charge in [0.1, 0.15) is 5.76 Å². The first-order valence-corrected chi connectivity index (χ1v) is 6.60. The van der Waals surface area contributed by atoms with E-state index in [9.17, 15) is 4.79 Å². The van der Waals surface area contributed by atoms with Crippen LogP contribution in [0.1, 0.15) is 42.5 Å². The summed E-state index contributed by atoms with van der Waals surface area (Å²) < 4.78 is 5.33. The van der Waals surface area contributed by atoms with E-state index in [1.54, 1.807) is 6.07 Å². The molecule has 90 valence electrons. The lowest BCUT2D eigenvalue weighted by Crippen LogP contribution is -2.29. The van der Waals surface area contributed by atoms with Crippen molar-refractivity contribution in [3.63, 3.8) is 0 Å². The molecule has 1 aromatic heterocycles. The second-order valence-corrected chi connectivity index (χ2v) is 4.60. The molecule has 5 heteroatoms. The highest BCUT2D eigenvalue weighted by Gasteiger charge is 2.08. The molecular formula is C11H18N2O2S. The van der Waals surface area contributed by atoms with Crippen LogP contribution in [0.4, 0.5) is 0 Å². The Bertz CT molecular complexity index is 326. The van der Waals surface area contributed by atoms with Gasteiger partial charge in [0.2, 0.25) is 0 Å². The summed E-state index contributed by atoms with van der Waals surface area (Å²) in [6.45, 7) is 2.19. The number of hydrogen-bond donors (Lipinski definition) is 2. The van der Waals surface area contributed by atoms with Crippen LogP contribution >= 0.6 is 11.8 Å². The Hall–Kier alpha value is -0.940. The number of amides is 1. The van der Waals surface area contributed by atoms with Crippen molar-refractivity contribution < 1.29 is 9.21 Å². The topological polar surface area (TPSA) is 68.3 Å². The lowest BCUT2D eigenvalue weighted by Gasteiger charge is -1.98. The molecule has 1 rings (SSSR count). The number of furan rings is 1. The van der Waals surface area contributed by atoms with Gasteiger partial charge in [-0.05, 0) is 24.3 Å². The molecule has 0 saturated carbocycles. The van der Waals surface area contributed by atoms with Crippen molar-refractivity contribution in [3.8, 4) is 0 Å². The number of hydrogen-bond acceptors (Lipinski definition) is 4. The monoisotopic (exact) mass is 242 g/mol. The first kappa shape index (κ1) is 13.1. The van der Waals surface area contributed by atoms with Crippen LogP contribution in [0.25, 0.3) is 0 Å². The zero-order valence-electron chi connectivity index (χ0n) is 9.49. The summed E-state index contributed by atoms with van der Waals surface area (Å²) in [4.78, 5) is 11.1. The second-order valence-electron chi connectivity index (χ2n) is 3.50. The molecule has 0 saturated heterocycles. The van der Waals surface area contributed by atoms with Crippen LogP contribution in [-0.4, -0.2) is 11.7 Å². The highest BCUT2D eigenvalue weighted by molar-refractivity contribution is 7.98. The van der Waals surface area contributed by atoms with Gasteiger partial charge in [0, 0.05) is 0 Å². The summed E-state index contributed by atoms with van der Waals surface area (Å²) in [5.74, 6) is 7.65. The molecular weight excluding hydrogens is 224 g/mol. The minimum absolute atomic E-state index is 0.270. The average Bonchev–Trinajstić information content (AvgIpc) is 2.76. The molecule has 4 nitrogen and oxygen atoms in total. The molecule has 0 radical (unpaired) electrons. The smallest absolute Gasteiger partial charge is 0.300 e. The van der Waals surface area contributed by atoms with Crippen LogP contribution < -0.4 is 11.3 Å². The third-order valence-corrected chi connectivity index (χ3v) is 3.22. The molecule has 3 N–H and O–H groups in total. The molecule has 1 heterocycles. The summed E-state index contributed by atoms with van der Waals surface area (Å²) >= 11 is 1.82. The van der Waals surface area contributed by atoms with Crippen molar-refractivity contribution in [1.82, 2.24) is 5.43 Å². The first-order chi connectivity index (χ1) is 7.77. The lowest BCUT2D eigenvalue weighted by atomic mass is 10.3. The van der Waals surface area contributed by atoms with E-state index in [1.165, 1.54) is 19.3 Å². The van der Waals surface area contributed by atoms with Crippen molar-refractivity contribution in [2.75, 3.05) is 5.75 Å². The van der Waals surface area contributed by atoms with Crippen molar-refractivity contribution >= 4 is 17.7 Å². The number of hydrazine groups is 1. The molecule has 0 bridgehead atoms. The normalized spacial score (nSPS) is 10.4. The number of thioether (sulfide) groups is 1. The first-order valence-electron chi connectivity index (χ1n) is 5.45. The summed E-state index contributed by atoms with van der Waals surface area (Å²) in [7, 11) is 0. The third-order valence-electron chi connectivity index (χ3n) is 2.15. The number of nitrogens with two attached hydrogens (primary N) is 1. The number of nitrogen functional groups attached to an aromatic ring is 1. The molecule has 16 heavy (non-hydrogen) atoms. The second kappa shape index (κ2) is 7.35. The summed E-state index contributed by atoms with van der Waals surface area (Å²) in [6, 6.07) is 3.46. The van der Waals surface area contributed by atoms with Crippen LogP contribution in [0, 0.1) is 0 Å². The highest BCUT2D eigenvalue weighted by Crippen LogP contribution is 2.16. The van der Waals surface area contributed by atoms with E-state index in [0.29, 0.717) is 0 Å². The van der Waals surface area contributed by atoms with Gasteiger partial charge in [-0.25, -0.2) is 5.84 Å². The van der Waals surface area contributed by atoms with Crippen molar-refractivity contribution in [3.05, 3.63) is 23.7 Å². The molecule has 0 unspecified atom stereocenters. The Morgan fingerprint density at radius 1 is 1.50 bits per heavy atom. The van der Waals surface area contributed by atoms with Gasteiger partial charge >= 0.3 is 5.91 Å². The predicted molar refractivity (Wildman–Crippen MR) is 66.0 cm³/mol. The largest absolute Gasteiger partial charge is 0.455 e. The maximum absolute atomic E-state index is 11.1. The minimum atomic E-state index is -0.387. The van der Waals surface area contributed by atoms with Gasteiger partial charge in [-0.3, -0.25) is 10.2 Å². The fourth-order valence-corrected chi connectivity index (χ4v) is 2.18. The third kappa shape index (κ3) is 4.28. The lowest BCUT2D eigenvalue weighted by molar-refractivity contribution is 0.0924. The predicted octanol–water partition coefficient (Wildman–Crippen LogP) is 2.31. The van der Waals surface area contributed by atoms with Crippen LogP contribution in [0.2, 0.25) is 0 Å². The Kier molecular flexibility index (Phi) is 6.03. The summed E-state index contributed by atoms with van der Waals surface area (Å²) in [6.07, 6.45) is 3.74. The van der Waals surface area contributed by atoms with Gasteiger partial charge in [0.15, 0.2) is 5.76 Å². The molecule has 0 aliphatic heterocycles. The number of unbranched alkanes of at least 4 members (excludes halogenated alkanes) is 2. The van der Waals surface area contributed by atoms with Crippen molar-refractivity contribution in [2.45, 2.75) is 31.9 Å². The quantitative estimate of drug-likeness (QED) is 0.333. The highest BCUT2D eigenvalue weighted by atomic mass is 32.2. The van der Waals surface area contributed by atoms with Crippen LogP contribution in [-0.2, 0) is 5.75 Å². The van der Waals surface area contributed by atoms with Crippen molar-refractivity contribution in [2.24, 2.45) is 5.84 Å². The van der Waals surface area contributed by atoms with Gasteiger partial charge in [-0.1, -0.05) is 19.8 Å². The number of carbonyl (C=O) groups is 1. The molecule has 1 amide bonds. The van der Waals surface area contributed by atoms with Gasteiger partial charge in [-0.2, -0.15) is 11.8 Å². The Morgan fingerprint density at radius 3 is 3.00 bits per heavy atom. The molecule has 1 aromatic rings. The zero-order chi connectivity index (χ0) is 11.8. The minimum Gasteiger partial charge on any atom is -0.455 e. The van der Waals surface area contributed by atoms with Crippen molar-refractivity contribution in [1.29, 1.82) is 0 Å². The zero-order valence-corrected chi connectivity index (χ0v) is 10.3. The summed E-state index contributed by atoms with van der Waals surface area (Å²) in [5, 5.41) is 0. The molecule has 0 fully saturated rings. The maximum atomic E-state index is 11.1. The van der Waals surface area contributed by atoms with E-state index in [0.717, 1.165) is 17.3 Å². The number of rotatable bonds is 7. The van der Waals surface area contributed by atoms with E-state index in [1.807, 2.05) is 23.3 Å². The Labute approximate surface area is 99.9 Å². The van der Waals surface area contributed by atoms with Crippen LogP contribution in [0.3, 0.4) is 0 Å². The van der Waals surface area contributed by atoms with Gasteiger partial charge in [0.05, 0.1) is 5.75 Å².